The normalized spacial score (nSPS) is 10.3. The van der Waals surface area contributed by atoms with Crippen molar-refractivity contribution in [2.24, 2.45) is 0 Å². The molecule has 0 unspecified atom stereocenters. The Labute approximate surface area is 152 Å². The van der Waals surface area contributed by atoms with Crippen molar-refractivity contribution in [1.29, 1.82) is 0 Å². The summed E-state index contributed by atoms with van der Waals surface area (Å²) in [7, 11) is 0. The van der Waals surface area contributed by atoms with Crippen molar-refractivity contribution in [3.8, 4) is 11.4 Å². The number of anilines is 1. The molecular weight excluding hydrogens is 328 g/mol. The van der Waals surface area contributed by atoms with Crippen LogP contribution in [0.3, 0.4) is 0 Å². The number of urea groups is 1. The Balaban J connectivity index is 1.49. The lowest BCUT2D eigenvalue weighted by atomic mass is 10.2. The van der Waals surface area contributed by atoms with Gasteiger partial charge in [0.25, 0.3) is 0 Å². The average molecular weight is 350 g/mol. The van der Waals surface area contributed by atoms with Crippen molar-refractivity contribution >= 4 is 11.7 Å². The highest BCUT2D eigenvalue weighted by molar-refractivity contribution is 5.90. The molecule has 0 aliphatic rings. The van der Waals surface area contributed by atoms with Gasteiger partial charge in [-0.1, -0.05) is 30.3 Å². The second-order valence-electron chi connectivity index (χ2n) is 5.69. The van der Waals surface area contributed by atoms with Gasteiger partial charge in [-0.3, -0.25) is 0 Å². The molecule has 3 aromatic rings. The molecule has 0 saturated heterocycles. The maximum absolute atomic E-state index is 12.1. The summed E-state index contributed by atoms with van der Waals surface area (Å²) >= 11 is 0. The van der Waals surface area contributed by atoms with Gasteiger partial charge in [-0.05, 0) is 43.2 Å². The number of ether oxygens (including phenoxy) is 1. The monoisotopic (exact) mass is 350 g/mol. The molecule has 26 heavy (non-hydrogen) atoms. The molecule has 0 radical (unpaired) electrons. The van der Waals surface area contributed by atoms with Gasteiger partial charge in [-0.2, -0.15) is 5.10 Å². The van der Waals surface area contributed by atoms with E-state index in [9.17, 15) is 4.79 Å². The van der Waals surface area contributed by atoms with E-state index in [1.807, 2.05) is 78.6 Å². The van der Waals surface area contributed by atoms with Gasteiger partial charge in [0.1, 0.15) is 5.75 Å². The zero-order valence-corrected chi connectivity index (χ0v) is 14.7. The first kappa shape index (κ1) is 17.5. The molecule has 0 bridgehead atoms. The molecule has 6 nitrogen and oxygen atoms in total. The second kappa shape index (κ2) is 8.71. The van der Waals surface area contributed by atoms with Crippen molar-refractivity contribution in [3.05, 3.63) is 72.6 Å². The first-order valence-electron chi connectivity index (χ1n) is 8.62. The van der Waals surface area contributed by atoms with Crippen LogP contribution in [0.25, 0.3) is 5.69 Å². The highest BCUT2D eigenvalue weighted by Gasteiger charge is 2.07. The van der Waals surface area contributed by atoms with Crippen LogP contribution in [0.2, 0.25) is 0 Å². The lowest BCUT2D eigenvalue weighted by Gasteiger charge is -2.11. The molecule has 2 N–H and O–H groups in total. The van der Waals surface area contributed by atoms with Crippen molar-refractivity contribution < 1.29 is 9.53 Å². The van der Waals surface area contributed by atoms with Crippen LogP contribution in [0.4, 0.5) is 10.5 Å². The molecule has 3 rings (SSSR count). The van der Waals surface area contributed by atoms with Crippen LogP contribution in [-0.4, -0.2) is 29.0 Å². The van der Waals surface area contributed by atoms with Gasteiger partial charge < -0.3 is 15.4 Å². The molecule has 0 saturated carbocycles. The Morgan fingerprint density at radius 1 is 1.12 bits per heavy atom. The Bertz CT molecular complexity index is 846. The third kappa shape index (κ3) is 4.63. The molecule has 1 heterocycles. The summed E-state index contributed by atoms with van der Waals surface area (Å²) in [5.74, 6) is 0.661. The third-order valence-electron chi connectivity index (χ3n) is 3.79. The fourth-order valence-corrected chi connectivity index (χ4v) is 2.55. The number of para-hydroxylation sites is 3. The van der Waals surface area contributed by atoms with Crippen LogP contribution in [-0.2, 0) is 6.42 Å². The number of hydrogen-bond donors (Lipinski definition) is 2. The fourth-order valence-electron chi connectivity index (χ4n) is 2.55. The summed E-state index contributed by atoms with van der Waals surface area (Å²) in [5.41, 5.74) is 2.73. The summed E-state index contributed by atoms with van der Waals surface area (Å²) in [4.78, 5) is 12.1. The molecule has 0 aliphatic carbocycles. The van der Waals surface area contributed by atoms with Crippen molar-refractivity contribution in [2.45, 2.75) is 13.3 Å². The van der Waals surface area contributed by atoms with E-state index in [0.717, 1.165) is 11.3 Å². The predicted molar refractivity (Wildman–Crippen MR) is 102 cm³/mol. The van der Waals surface area contributed by atoms with Gasteiger partial charge in [-0.25, -0.2) is 9.48 Å². The first-order valence-corrected chi connectivity index (χ1v) is 8.62. The smallest absolute Gasteiger partial charge is 0.319 e. The molecule has 0 atom stereocenters. The Hall–Kier alpha value is -3.28. The molecule has 2 aromatic carbocycles. The summed E-state index contributed by atoms with van der Waals surface area (Å²) in [6.07, 6.45) is 4.49. The fraction of sp³-hybridized carbons (Fsp3) is 0.200. The van der Waals surface area contributed by atoms with Gasteiger partial charge in [0.15, 0.2) is 0 Å². The van der Waals surface area contributed by atoms with Gasteiger partial charge in [0.05, 0.1) is 24.2 Å². The van der Waals surface area contributed by atoms with Crippen molar-refractivity contribution in [2.75, 3.05) is 18.5 Å². The number of amides is 2. The minimum atomic E-state index is -0.257. The van der Waals surface area contributed by atoms with Crippen LogP contribution < -0.4 is 15.4 Å². The van der Waals surface area contributed by atoms with Crippen LogP contribution in [0.1, 0.15) is 12.5 Å². The lowest BCUT2D eigenvalue weighted by molar-refractivity contribution is 0.252. The maximum Gasteiger partial charge on any atom is 0.319 e. The minimum absolute atomic E-state index is 0.257. The quantitative estimate of drug-likeness (QED) is 0.684. The number of rotatable bonds is 7. The molecule has 2 amide bonds. The van der Waals surface area contributed by atoms with Gasteiger partial charge in [0, 0.05) is 12.7 Å². The Morgan fingerprint density at radius 2 is 1.88 bits per heavy atom. The molecule has 6 heteroatoms. The third-order valence-corrected chi connectivity index (χ3v) is 3.79. The van der Waals surface area contributed by atoms with Crippen molar-refractivity contribution in [3.63, 3.8) is 0 Å². The van der Waals surface area contributed by atoms with Crippen LogP contribution in [0.5, 0.6) is 5.75 Å². The van der Waals surface area contributed by atoms with E-state index in [-0.39, 0.29) is 6.03 Å². The van der Waals surface area contributed by atoms with E-state index in [2.05, 4.69) is 15.7 Å². The van der Waals surface area contributed by atoms with Crippen LogP contribution >= 0.6 is 0 Å². The van der Waals surface area contributed by atoms with E-state index in [0.29, 0.717) is 31.0 Å². The number of nitrogens with one attached hydrogen (secondary N) is 2. The van der Waals surface area contributed by atoms with Crippen LogP contribution in [0, 0.1) is 0 Å². The topological polar surface area (TPSA) is 68.2 Å². The summed E-state index contributed by atoms with van der Waals surface area (Å²) < 4.78 is 7.33. The van der Waals surface area contributed by atoms with E-state index < -0.39 is 0 Å². The standard InChI is InChI=1S/C20H22N4O2/c1-2-26-19-11-7-6-10-18(19)23-20(25)21-13-12-16-14-22-24(15-16)17-8-4-3-5-9-17/h3-11,14-15H,2,12-13H2,1H3,(H2,21,23,25). The molecule has 0 fully saturated rings. The molecule has 0 aliphatic heterocycles. The number of carbonyl (C=O) groups excluding carboxylic acids is 1. The molecule has 1 aromatic heterocycles. The number of carbonyl (C=O) groups is 1. The second-order valence-corrected chi connectivity index (χ2v) is 5.69. The van der Waals surface area contributed by atoms with E-state index >= 15 is 0 Å². The van der Waals surface area contributed by atoms with Crippen LogP contribution in [0.15, 0.2) is 67.0 Å². The Morgan fingerprint density at radius 3 is 2.69 bits per heavy atom. The highest BCUT2D eigenvalue weighted by Crippen LogP contribution is 2.23. The number of nitrogens with zero attached hydrogens (tertiary/aromatic N) is 2. The predicted octanol–water partition coefficient (Wildman–Crippen LogP) is 3.64. The summed E-state index contributed by atoms with van der Waals surface area (Å²) in [6, 6.07) is 17.0. The lowest BCUT2D eigenvalue weighted by Crippen LogP contribution is -2.30. The van der Waals surface area contributed by atoms with Gasteiger partial charge in [0.2, 0.25) is 0 Å². The van der Waals surface area contributed by atoms with Gasteiger partial charge in [-0.15, -0.1) is 0 Å². The zero-order valence-electron chi connectivity index (χ0n) is 14.7. The van der Waals surface area contributed by atoms with E-state index in [4.69, 9.17) is 4.74 Å². The van der Waals surface area contributed by atoms with E-state index in [1.165, 1.54) is 0 Å². The number of benzene rings is 2. The largest absolute Gasteiger partial charge is 0.492 e. The SMILES string of the molecule is CCOc1ccccc1NC(=O)NCCc1cnn(-c2ccccc2)c1. The summed E-state index contributed by atoms with van der Waals surface area (Å²) in [5, 5.41) is 10.0. The molecular formula is C20H22N4O2. The molecule has 134 valence electrons. The first-order chi connectivity index (χ1) is 12.8. The van der Waals surface area contributed by atoms with E-state index in [1.54, 1.807) is 0 Å². The minimum Gasteiger partial charge on any atom is -0.492 e. The maximum atomic E-state index is 12.1. The zero-order chi connectivity index (χ0) is 18.2. The summed E-state index contributed by atoms with van der Waals surface area (Å²) in [6.45, 7) is 2.97. The van der Waals surface area contributed by atoms with Gasteiger partial charge >= 0.3 is 6.03 Å². The Kier molecular flexibility index (Phi) is 5.88. The number of hydrogen-bond acceptors (Lipinski definition) is 3. The average Bonchev–Trinajstić information content (AvgIpc) is 3.13. The highest BCUT2D eigenvalue weighted by atomic mass is 16.5. The molecule has 0 spiro atoms. The van der Waals surface area contributed by atoms with Crippen molar-refractivity contribution in [1.82, 2.24) is 15.1 Å². The number of aromatic nitrogens is 2.